The van der Waals surface area contributed by atoms with Gasteiger partial charge in [0.05, 0.1) is 5.69 Å². The molecule has 0 unspecified atom stereocenters. The summed E-state index contributed by atoms with van der Waals surface area (Å²) in [6.07, 6.45) is 2.89. The Morgan fingerprint density at radius 2 is 2.41 bits per heavy atom. The molecule has 0 bridgehead atoms. The zero-order chi connectivity index (χ0) is 12.3. The fourth-order valence-corrected chi connectivity index (χ4v) is 1.58. The lowest BCUT2D eigenvalue weighted by Crippen LogP contribution is -2.19. The van der Waals surface area contributed by atoms with Gasteiger partial charge in [0, 0.05) is 10.7 Å². The summed E-state index contributed by atoms with van der Waals surface area (Å²) in [5.41, 5.74) is 0.430. The number of carbonyl (C=O) groups excluding carboxylic acids is 1. The summed E-state index contributed by atoms with van der Waals surface area (Å²) in [5.74, 6) is -0.292. The van der Waals surface area contributed by atoms with Gasteiger partial charge >= 0.3 is 0 Å². The number of tetrazole rings is 1. The normalized spacial score (nSPS) is 10.2. The molecule has 0 saturated carbocycles. The van der Waals surface area contributed by atoms with Crippen molar-refractivity contribution >= 4 is 39.1 Å². The van der Waals surface area contributed by atoms with E-state index < -0.39 is 0 Å². The van der Waals surface area contributed by atoms with E-state index in [1.807, 2.05) is 0 Å². The minimum atomic E-state index is -0.292. The maximum Gasteiger partial charge on any atom is 0.246 e. The van der Waals surface area contributed by atoms with Crippen molar-refractivity contribution in [3.05, 3.63) is 28.2 Å². The molecule has 0 atom stereocenters. The molecule has 2 rings (SSSR count). The molecular weight excluding hydrogens is 311 g/mol. The first-order valence-electron chi connectivity index (χ1n) is 4.47. The number of anilines is 1. The second-order valence-corrected chi connectivity index (χ2v) is 4.32. The van der Waals surface area contributed by atoms with E-state index in [0.29, 0.717) is 5.69 Å². The smallest absolute Gasteiger partial charge is 0.246 e. The van der Waals surface area contributed by atoms with Gasteiger partial charge in [0.2, 0.25) is 5.91 Å². The number of hydrogen-bond acceptors (Lipinski definition) is 5. The fourth-order valence-electron chi connectivity index (χ4n) is 1.10. The Kier molecular flexibility index (Phi) is 3.64. The van der Waals surface area contributed by atoms with E-state index in [2.05, 4.69) is 41.8 Å². The largest absolute Gasteiger partial charge is 0.322 e. The number of nitrogens with one attached hydrogen (secondary N) is 1. The van der Waals surface area contributed by atoms with Crippen LogP contribution in [0.4, 0.5) is 5.69 Å². The maximum absolute atomic E-state index is 11.6. The number of amides is 1. The van der Waals surface area contributed by atoms with Crippen LogP contribution in [0, 0.1) is 0 Å². The molecule has 2 aromatic rings. The number of rotatable bonds is 3. The van der Waals surface area contributed by atoms with E-state index in [1.165, 1.54) is 11.0 Å². The predicted octanol–water partition coefficient (Wildman–Crippen LogP) is 1.12. The monoisotopic (exact) mass is 316 g/mol. The van der Waals surface area contributed by atoms with Crippen molar-refractivity contribution in [2.24, 2.45) is 0 Å². The second-order valence-electron chi connectivity index (χ2n) is 3.05. The molecule has 2 heterocycles. The van der Waals surface area contributed by atoms with Crippen LogP contribution in [0.1, 0.15) is 0 Å². The van der Waals surface area contributed by atoms with Gasteiger partial charge < -0.3 is 5.32 Å². The van der Waals surface area contributed by atoms with E-state index in [9.17, 15) is 4.79 Å². The lowest BCUT2D eigenvalue weighted by molar-refractivity contribution is -0.116. The molecule has 0 spiro atoms. The molecule has 1 N–H and O–H groups in total. The summed E-state index contributed by atoms with van der Waals surface area (Å²) in [6, 6.07) is 1.66. The molecule has 17 heavy (non-hydrogen) atoms. The lowest BCUT2D eigenvalue weighted by atomic mass is 10.4. The lowest BCUT2D eigenvalue weighted by Gasteiger charge is -2.06. The van der Waals surface area contributed by atoms with Crippen molar-refractivity contribution in [2.75, 3.05) is 5.32 Å². The summed E-state index contributed by atoms with van der Waals surface area (Å²) < 4.78 is 2.02. The number of halogens is 2. The van der Waals surface area contributed by atoms with Gasteiger partial charge in [-0.05, 0) is 32.4 Å². The van der Waals surface area contributed by atoms with Crippen molar-refractivity contribution in [3.63, 3.8) is 0 Å². The average molecular weight is 318 g/mol. The Morgan fingerprint density at radius 3 is 3.12 bits per heavy atom. The van der Waals surface area contributed by atoms with Crippen LogP contribution in [-0.2, 0) is 11.3 Å². The van der Waals surface area contributed by atoms with E-state index in [1.54, 1.807) is 12.3 Å². The van der Waals surface area contributed by atoms with Gasteiger partial charge in [-0.15, -0.1) is 5.10 Å². The highest BCUT2D eigenvalue weighted by molar-refractivity contribution is 9.10. The van der Waals surface area contributed by atoms with Crippen molar-refractivity contribution < 1.29 is 4.79 Å². The van der Waals surface area contributed by atoms with Gasteiger partial charge in [-0.3, -0.25) is 4.79 Å². The first-order valence-corrected chi connectivity index (χ1v) is 5.64. The molecule has 2 aromatic heterocycles. The first kappa shape index (κ1) is 11.9. The van der Waals surface area contributed by atoms with Gasteiger partial charge in [-0.1, -0.05) is 11.6 Å². The molecular formula is C8H6BrClN6O. The SMILES string of the molecule is O=C(Cn1cnnn1)Nc1cc(Br)cnc1Cl. The predicted molar refractivity (Wildman–Crippen MR) is 63.4 cm³/mol. The molecule has 0 aliphatic rings. The number of carbonyl (C=O) groups is 1. The van der Waals surface area contributed by atoms with Crippen LogP contribution in [0.3, 0.4) is 0 Å². The van der Waals surface area contributed by atoms with E-state index in [-0.39, 0.29) is 17.6 Å². The zero-order valence-corrected chi connectivity index (χ0v) is 10.7. The van der Waals surface area contributed by atoms with Crippen molar-refractivity contribution in [2.45, 2.75) is 6.54 Å². The van der Waals surface area contributed by atoms with Crippen LogP contribution in [0.2, 0.25) is 5.15 Å². The third-order valence-corrected chi connectivity index (χ3v) is 2.51. The average Bonchev–Trinajstić information content (AvgIpc) is 2.76. The van der Waals surface area contributed by atoms with Crippen LogP contribution >= 0.6 is 27.5 Å². The van der Waals surface area contributed by atoms with Gasteiger partial charge in [-0.2, -0.15) is 0 Å². The Labute approximate surface area is 109 Å². The molecule has 0 aliphatic carbocycles. The van der Waals surface area contributed by atoms with Crippen LogP contribution in [0.5, 0.6) is 0 Å². The molecule has 0 saturated heterocycles. The molecule has 0 aromatic carbocycles. The highest BCUT2D eigenvalue weighted by atomic mass is 79.9. The van der Waals surface area contributed by atoms with Crippen LogP contribution < -0.4 is 5.32 Å². The molecule has 9 heteroatoms. The van der Waals surface area contributed by atoms with Crippen molar-refractivity contribution in [1.82, 2.24) is 25.2 Å². The molecule has 0 radical (unpaired) electrons. The standard InChI is InChI=1S/C8H6BrClN6O/c9-5-1-6(8(10)11-2-5)13-7(17)3-16-4-12-14-15-16/h1-2,4H,3H2,(H,13,17). The summed E-state index contributed by atoms with van der Waals surface area (Å²) in [4.78, 5) is 15.5. The first-order chi connectivity index (χ1) is 8.15. The summed E-state index contributed by atoms with van der Waals surface area (Å²) in [5, 5.41) is 13.2. The molecule has 7 nitrogen and oxygen atoms in total. The van der Waals surface area contributed by atoms with Crippen LogP contribution in [0.15, 0.2) is 23.1 Å². The topological polar surface area (TPSA) is 85.6 Å². The molecule has 0 fully saturated rings. The van der Waals surface area contributed by atoms with Gasteiger partial charge in [-0.25, -0.2) is 9.67 Å². The molecule has 88 valence electrons. The van der Waals surface area contributed by atoms with Crippen molar-refractivity contribution in [1.29, 1.82) is 0 Å². The Morgan fingerprint density at radius 1 is 1.59 bits per heavy atom. The maximum atomic E-state index is 11.6. The zero-order valence-electron chi connectivity index (χ0n) is 8.34. The van der Waals surface area contributed by atoms with E-state index >= 15 is 0 Å². The van der Waals surface area contributed by atoms with Crippen LogP contribution in [-0.4, -0.2) is 31.1 Å². The van der Waals surface area contributed by atoms with E-state index in [0.717, 1.165) is 4.47 Å². The van der Waals surface area contributed by atoms with Gasteiger partial charge in [0.25, 0.3) is 0 Å². The molecule has 0 aliphatic heterocycles. The number of aromatic nitrogens is 5. The minimum Gasteiger partial charge on any atom is -0.322 e. The third-order valence-electron chi connectivity index (χ3n) is 1.78. The second kappa shape index (κ2) is 5.19. The number of pyridine rings is 1. The van der Waals surface area contributed by atoms with Crippen molar-refractivity contribution in [3.8, 4) is 0 Å². The van der Waals surface area contributed by atoms with Crippen LogP contribution in [0.25, 0.3) is 0 Å². The number of hydrogen-bond donors (Lipinski definition) is 1. The highest BCUT2D eigenvalue weighted by Gasteiger charge is 2.08. The van der Waals surface area contributed by atoms with Gasteiger partial charge in [0.15, 0.2) is 5.15 Å². The quantitative estimate of drug-likeness (QED) is 0.858. The molecule has 1 amide bonds. The fraction of sp³-hybridized carbons (Fsp3) is 0.125. The Bertz CT molecular complexity index is 531. The summed E-state index contributed by atoms with van der Waals surface area (Å²) >= 11 is 9.07. The summed E-state index contributed by atoms with van der Waals surface area (Å²) in [7, 11) is 0. The Balaban J connectivity index is 2.05. The third kappa shape index (κ3) is 3.21. The highest BCUT2D eigenvalue weighted by Crippen LogP contribution is 2.22. The number of nitrogens with zero attached hydrogens (tertiary/aromatic N) is 5. The minimum absolute atomic E-state index is 0.00976. The van der Waals surface area contributed by atoms with Gasteiger partial charge in [0.1, 0.15) is 12.9 Å². The summed E-state index contributed by atoms with van der Waals surface area (Å²) in [6.45, 7) is 0.00976. The van der Waals surface area contributed by atoms with E-state index in [4.69, 9.17) is 11.6 Å². The Hall–Kier alpha value is -1.54.